The van der Waals surface area contributed by atoms with E-state index in [2.05, 4.69) is 31.0 Å². The largest absolute Gasteiger partial charge is 0.385 e. The maximum Gasteiger partial charge on any atom is 0.271 e. The minimum Gasteiger partial charge on any atom is -0.385 e. The van der Waals surface area contributed by atoms with Gasteiger partial charge in [0.05, 0.1) is 36.3 Å². The van der Waals surface area contributed by atoms with E-state index in [1.807, 2.05) is 36.0 Å². The predicted molar refractivity (Wildman–Crippen MR) is 115 cm³/mol. The molecule has 2 aliphatic rings. The highest BCUT2D eigenvalue weighted by Crippen LogP contribution is 2.28. The van der Waals surface area contributed by atoms with Gasteiger partial charge < -0.3 is 25.1 Å². The minimum atomic E-state index is -0.203. The predicted octanol–water partition coefficient (Wildman–Crippen LogP) is 2.34. The van der Waals surface area contributed by atoms with E-state index >= 15 is 0 Å². The monoisotopic (exact) mass is 418 g/mol. The molecule has 1 aliphatic carbocycles. The summed E-state index contributed by atoms with van der Waals surface area (Å²) in [5.41, 5.74) is 4.44. The Morgan fingerprint density at radius 2 is 2.16 bits per heavy atom. The van der Waals surface area contributed by atoms with Crippen LogP contribution in [0.15, 0.2) is 36.9 Å². The van der Waals surface area contributed by atoms with Crippen molar-refractivity contribution in [3.8, 4) is 0 Å². The third kappa shape index (κ3) is 2.98. The molecular weight excluding hydrogens is 396 g/mol. The van der Waals surface area contributed by atoms with Crippen molar-refractivity contribution >= 4 is 34.4 Å². The van der Waals surface area contributed by atoms with E-state index in [9.17, 15) is 4.79 Å². The molecule has 1 fully saturated rings. The number of nitrogens with one attached hydrogen (secondary N) is 3. The van der Waals surface area contributed by atoms with E-state index in [4.69, 9.17) is 4.74 Å². The molecule has 31 heavy (non-hydrogen) atoms. The first-order valence-electron chi connectivity index (χ1n) is 10.4. The van der Waals surface area contributed by atoms with Gasteiger partial charge in [0.15, 0.2) is 17.2 Å². The number of rotatable bonds is 1. The lowest BCUT2D eigenvalue weighted by atomic mass is 10.2. The summed E-state index contributed by atoms with van der Waals surface area (Å²) < 4.78 is 9.83. The van der Waals surface area contributed by atoms with Gasteiger partial charge in [-0.05, 0) is 25.3 Å². The Hall–Kier alpha value is -3.66. The summed E-state index contributed by atoms with van der Waals surface area (Å²) in [4.78, 5) is 22.0. The number of ether oxygens (including phenoxy) is 1. The molecule has 0 saturated heterocycles. The van der Waals surface area contributed by atoms with Crippen LogP contribution in [0.5, 0.6) is 0 Å². The molecule has 1 amide bonds. The molecule has 4 aromatic heterocycles. The van der Waals surface area contributed by atoms with Gasteiger partial charge in [-0.2, -0.15) is 0 Å². The topological polar surface area (TPSA) is 110 Å². The fraction of sp³-hybridized carbons (Fsp3) is 0.333. The number of amides is 1. The van der Waals surface area contributed by atoms with Crippen molar-refractivity contribution < 1.29 is 9.53 Å². The summed E-state index contributed by atoms with van der Waals surface area (Å²) in [6, 6.07) is 3.86. The molecule has 0 radical (unpaired) electrons. The highest BCUT2D eigenvalue weighted by atomic mass is 16.5. The van der Waals surface area contributed by atoms with Gasteiger partial charge >= 0.3 is 0 Å². The average Bonchev–Trinajstić information content (AvgIpc) is 3.50. The molecule has 4 bridgehead atoms. The molecule has 3 N–H and O–H groups in total. The van der Waals surface area contributed by atoms with Crippen LogP contribution in [0.2, 0.25) is 0 Å². The van der Waals surface area contributed by atoms with Crippen LogP contribution in [-0.2, 0) is 11.3 Å². The summed E-state index contributed by atoms with van der Waals surface area (Å²) in [7, 11) is 1.82. The van der Waals surface area contributed by atoms with Crippen LogP contribution in [0, 0.1) is 0 Å². The number of hydrogen-bond donors (Lipinski definition) is 3. The lowest BCUT2D eigenvalue weighted by molar-refractivity contribution is 0.0274. The second-order valence-corrected chi connectivity index (χ2v) is 7.97. The smallest absolute Gasteiger partial charge is 0.271 e. The Morgan fingerprint density at radius 3 is 3.06 bits per heavy atom. The number of imidazole rings is 2. The van der Waals surface area contributed by atoms with Crippen LogP contribution < -0.4 is 16.0 Å². The number of carbonyl (C=O) groups is 1. The minimum absolute atomic E-state index is 0.0471. The molecule has 10 nitrogen and oxygen atoms in total. The molecule has 10 heteroatoms. The van der Waals surface area contributed by atoms with E-state index in [0.29, 0.717) is 23.8 Å². The first-order valence-corrected chi connectivity index (χ1v) is 10.4. The van der Waals surface area contributed by atoms with Crippen LogP contribution in [0.1, 0.15) is 35.3 Å². The third-order valence-electron chi connectivity index (χ3n) is 6.03. The summed E-state index contributed by atoms with van der Waals surface area (Å²) >= 11 is 0. The normalized spacial score (nSPS) is 21.0. The van der Waals surface area contributed by atoms with Crippen molar-refractivity contribution in [3.05, 3.63) is 48.2 Å². The first-order chi connectivity index (χ1) is 15.2. The quantitative estimate of drug-likeness (QED) is 0.435. The molecule has 4 aromatic rings. The van der Waals surface area contributed by atoms with Gasteiger partial charge in [-0.3, -0.25) is 4.79 Å². The second kappa shape index (κ2) is 6.95. The molecule has 1 aliphatic heterocycles. The van der Waals surface area contributed by atoms with Crippen LogP contribution in [0.4, 0.5) is 17.2 Å². The molecule has 0 spiro atoms. The Morgan fingerprint density at radius 1 is 1.23 bits per heavy atom. The van der Waals surface area contributed by atoms with Gasteiger partial charge in [-0.25, -0.2) is 14.5 Å². The van der Waals surface area contributed by atoms with Crippen molar-refractivity contribution in [2.45, 2.75) is 38.0 Å². The Balaban J connectivity index is 1.54. The maximum absolute atomic E-state index is 13.1. The van der Waals surface area contributed by atoms with Crippen molar-refractivity contribution in [3.63, 3.8) is 0 Å². The van der Waals surface area contributed by atoms with Crippen molar-refractivity contribution in [1.29, 1.82) is 0 Å². The zero-order valence-electron chi connectivity index (χ0n) is 17.0. The van der Waals surface area contributed by atoms with E-state index in [-0.39, 0.29) is 18.1 Å². The third-order valence-corrected chi connectivity index (χ3v) is 6.03. The van der Waals surface area contributed by atoms with E-state index < -0.39 is 0 Å². The molecular formula is C21H22N8O2. The van der Waals surface area contributed by atoms with Gasteiger partial charge in [-0.1, -0.05) is 0 Å². The molecule has 2 atom stereocenters. The maximum atomic E-state index is 13.1. The van der Waals surface area contributed by atoms with Gasteiger partial charge in [-0.15, -0.1) is 5.10 Å². The lowest BCUT2D eigenvalue weighted by Gasteiger charge is -2.22. The molecule has 5 heterocycles. The molecule has 0 unspecified atom stereocenters. The van der Waals surface area contributed by atoms with Gasteiger partial charge in [0, 0.05) is 37.3 Å². The van der Waals surface area contributed by atoms with Crippen LogP contribution >= 0.6 is 0 Å². The Kier molecular flexibility index (Phi) is 4.06. The van der Waals surface area contributed by atoms with Gasteiger partial charge in [0.2, 0.25) is 0 Å². The summed E-state index contributed by atoms with van der Waals surface area (Å²) in [6.45, 7) is 0.416. The van der Waals surface area contributed by atoms with E-state index in [1.54, 1.807) is 16.9 Å². The number of pyridine rings is 1. The number of aromatic nitrogens is 5. The number of carbonyl (C=O) groups excluding carboxylic acids is 1. The first kappa shape index (κ1) is 18.1. The Labute approximate surface area is 177 Å². The van der Waals surface area contributed by atoms with E-state index in [1.165, 1.54) is 0 Å². The van der Waals surface area contributed by atoms with Crippen molar-refractivity contribution in [2.75, 3.05) is 17.7 Å². The molecule has 158 valence electrons. The van der Waals surface area contributed by atoms with Crippen molar-refractivity contribution in [1.82, 2.24) is 29.3 Å². The second-order valence-electron chi connectivity index (χ2n) is 7.97. The van der Waals surface area contributed by atoms with Crippen LogP contribution in [-0.4, -0.2) is 49.1 Å². The number of anilines is 3. The SMILES string of the molecule is CNc1cc2nn3c(cnc13)C(=O)N[C@@H]1CCC[C@H]1OCc1cc(cn3ccnc13)N2. The Bertz CT molecular complexity index is 1310. The van der Waals surface area contributed by atoms with Crippen LogP contribution in [0.25, 0.3) is 11.3 Å². The molecule has 6 rings (SSSR count). The molecule has 1 saturated carbocycles. The van der Waals surface area contributed by atoms with Gasteiger partial charge in [0.1, 0.15) is 5.65 Å². The standard InChI is InChI=1S/C21H22N8O2/c1-22-15-8-18-25-13-7-12(19-23-5-6-28(19)10-13)11-31-17-4-2-3-14(17)26-21(30)16-9-24-20(15)29(16)27-18/h5-10,14,17,22H,2-4,11H2,1H3,(H,25,27)(H,26,30)/t14-,17-/m1/s1. The highest BCUT2D eigenvalue weighted by Gasteiger charge is 2.31. The summed E-state index contributed by atoms with van der Waals surface area (Å²) in [6.07, 6.45) is 9.97. The zero-order chi connectivity index (χ0) is 20.9. The average molecular weight is 418 g/mol. The summed E-state index contributed by atoms with van der Waals surface area (Å²) in [5, 5.41) is 14.3. The highest BCUT2D eigenvalue weighted by molar-refractivity contribution is 5.94. The van der Waals surface area contributed by atoms with Crippen LogP contribution in [0.3, 0.4) is 0 Å². The fourth-order valence-corrected chi connectivity index (χ4v) is 4.53. The fourth-order valence-electron chi connectivity index (χ4n) is 4.53. The number of fused-ring (bicyclic) bond motifs is 6. The number of hydrogen-bond acceptors (Lipinski definition) is 7. The summed E-state index contributed by atoms with van der Waals surface area (Å²) in [5.74, 6) is 0.386. The lowest BCUT2D eigenvalue weighted by Crippen LogP contribution is -2.41. The van der Waals surface area contributed by atoms with Gasteiger partial charge in [0.25, 0.3) is 5.91 Å². The van der Waals surface area contributed by atoms with E-state index in [0.717, 1.165) is 41.8 Å². The molecule has 0 aromatic carbocycles. The number of nitrogens with zero attached hydrogens (tertiary/aromatic N) is 5. The van der Waals surface area contributed by atoms with Crippen molar-refractivity contribution in [2.24, 2.45) is 0 Å². The zero-order valence-corrected chi connectivity index (χ0v) is 17.0.